The minimum atomic E-state index is -0.277. The largest absolute Gasteiger partial charge is 0.482 e. The molecule has 0 aliphatic rings. The molecule has 2 heterocycles. The van der Waals surface area contributed by atoms with Gasteiger partial charge in [-0.1, -0.05) is 59.8 Å². The first kappa shape index (κ1) is 22.6. The Morgan fingerprint density at radius 2 is 2.03 bits per heavy atom. The van der Waals surface area contributed by atoms with Crippen molar-refractivity contribution in [2.75, 3.05) is 0 Å². The predicted octanol–water partition coefficient (Wildman–Crippen LogP) is 6.98. The van der Waals surface area contributed by atoms with Crippen LogP contribution in [-0.2, 0) is 12.3 Å². The molecule has 1 unspecified atom stereocenters. The van der Waals surface area contributed by atoms with Crippen LogP contribution in [0.25, 0.3) is 10.6 Å². The molecular weight excluding hydrogens is 460 g/mol. The van der Waals surface area contributed by atoms with E-state index in [1.807, 2.05) is 60.9 Å². The molecule has 0 saturated heterocycles. The Balaban J connectivity index is 1.48. The first-order valence-corrected chi connectivity index (χ1v) is 12.4. The average molecular weight is 483 g/mol. The fourth-order valence-corrected chi connectivity index (χ4v) is 5.23. The molecule has 0 fully saturated rings. The van der Waals surface area contributed by atoms with Crippen LogP contribution < -0.4 is 4.74 Å². The second-order valence-corrected chi connectivity index (χ2v) is 9.45. The Kier molecular flexibility index (Phi) is 7.29. The molecule has 0 aliphatic carbocycles. The quantitative estimate of drug-likeness (QED) is 0.190. The highest BCUT2D eigenvalue weighted by molar-refractivity contribution is 7.98. The van der Waals surface area contributed by atoms with Gasteiger partial charge in [-0.15, -0.1) is 28.1 Å². The average Bonchev–Trinajstić information content (AvgIpc) is 3.42. The van der Waals surface area contributed by atoms with Gasteiger partial charge < -0.3 is 4.74 Å². The third kappa shape index (κ3) is 5.23. The number of benzene rings is 2. The number of thiazole rings is 1. The van der Waals surface area contributed by atoms with Gasteiger partial charge >= 0.3 is 0 Å². The highest BCUT2D eigenvalue weighted by atomic mass is 35.5. The van der Waals surface area contributed by atoms with Crippen molar-refractivity contribution < 1.29 is 4.74 Å². The molecule has 0 saturated carbocycles. The Labute approximate surface area is 201 Å². The smallest absolute Gasteiger partial charge is 0.192 e. The Bertz CT molecular complexity index is 1210. The number of allylic oxidation sites excluding steroid dienone is 1. The van der Waals surface area contributed by atoms with E-state index in [0.29, 0.717) is 17.3 Å². The Hall–Kier alpha value is -2.61. The van der Waals surface area contributed by atoms with Gasteiger partial charge in [0, 0.05) is 28.3 Å². The van der Waals surface area contributed by atoms with Crippen LogP contribution in [-0.4, -0.2) is 19.7 Å². The number of nitrogens with zero attached hydrogens (tertiary/aromatic N) is 4. The molecule has 0 N–H and O–H groups in total. The summed E-state index contributed by atoms with van der Waals surface area (Å²) in [6.07, 6.45) is 1.56. The normalized spacial score (nSPS) is 12.0. The number of aromatic nitrogens is 4. The minimum Gasteiger partial charge on any atom is -0.482 e. The van der Waals surface area contributed by atoms with E-state index < -0.39 is 0 Å². The van der Waals surface area contributed by atoms with Gasteiger partial charge in [0.05, 0.1) is 5.69 Å². The third-order valence-electron chi connectivity index (χ3n) is 4.78. The maximum absolute atomic E-state index is 6.17. The van der Waals surface area contributed by atoms with Crippen LogP contribution >= 0.6 is 34.7 Å². The van der Waals surface area contributed by atoms with Crippen molar-refractivity contribution in [3.63, 3.8) is 0 Å². The van der Waals surface area contributed by atoms with Gasteiger partial charge in [0.2, 0.25) is 0 Å². The van der Waals surface area contributed by atoms with E-state index in [1.165, 1.54) is 0 Å². The maximum atomic E-state index is 6.17. The van der Waals surface area contributed by atoms with Crippen molar-refractivity contribution in [2.45, 2.75) is 37.4 Å². The van der Waals surface area contributed by atoms with E-state index >= 15 is 0 Å². The number of ether oxygens (including phenoxy) is 1. The van der Waals surface area contributed by atoms with E-state index in [1.54, 1.807) is 23.1 Å². The molecular formula is C24H23ClN4OS2. The first-order chi connectivity index (χ1) is 15.5. The van der Waals surface area contributed by atoms with Gasteiger partial charge in [0.25, 0.3) is 0 Å². The standard InChI is InChI=1S/C24H23ClN4OS2/c1-4-12-29-22(17(3)30-21-11-10-19(25)13-16(21)2)27-28-24(29)32-15-20-14-31-23(26-20)18-8-6-5-7-9-18/h4-11,13-14,17H,1,12,15H2,2-3H3. The molecule has 0 radical (unpaired) electrons. The van der Waals surface area contributed by atoms with E-state index in [2.05, 4.69) is 34.3 Å². The molecule has 164 valence electrons. The molecule has 5 nitrogen and oxygen atoms in total. The molecule has 4 rings (SSSR count). The zero-order chi connectivity index (χ0) is 22.5. The lowest BCUT2D eigenvalue weighted by molar-refractivity contribution is 0.209. The fraction of sp³-hybridized carbons (Fsp3) is 0.208. The molecule has 8 heteroatoms. The van der Waals surface area contributed by atoms with E-state index in [0.717, 1.165) is 38.6 Å². The number of aryl methyl sites for hydroxylation is 1. The summed E-state index contributed by atoms with van der Waals surface area (Å²) in [4.78, 5) is 4.77. The van der Waals surface area contributed by atoms with Gasteiger partial charge in [-0.05, 0) is 37.6 Å². The summed E-state index contributed by atoms with van der Waals surface area (Å²) in [5, 5.41) is 13.5. The first-order valence-electron chi connectivity index (χ1n) is 10.1. The summed E-state index contributed by atoms with van der Waals surface area (Å²) >= 11 is 9.33. The summed E-state index contributed by atoms with van der Waals surface area (Å²) < 4.78 is 8.21. The number of halogens is 1. The van der Waals surface area contributed by atoms with Gasteiger partial charge in [-0.25, -0.2) is 4.98 Å². The van der Waals surface area contributed by atoms with Crippen LogP contribution in [0, 0.1) is 6.92 Å². The Morgan fingerprint density at radius 3 is 2.78 bits per heavy atom. The van der Waals surface area contributed by atoms with Crippen molar-refractivity contribution >= 4 is 34.7 Å². The molecule has 2 aromatic carbocycles. The molecule has 0 amide bonds. The van der Waals surface area contributed by atoms with Crippen molar-refractivity contribution in [1.82, 2.24) is 19.7 Å². The summed E-state index contributed by atoms with van der Waals surface area (Å²) in [5.41, 5.74) is 3.13. The number of hydrogen-bond acceptors (Lipinski definition) is 6. The minimum absolute atomic E-state index is 0.277. The van der Waals surface area contributed by atoms with Crippen LogP contribution in [0.1, 0.15) is 30.1 Å². The Morgan fingerprint density at radius 1 is 1.22 bits per heavy atom. The highest BCUT2D eigenvalue weighted by Crippen LogP contribution is 2.30. The van der Waals surface area contributed by atoms with Crippen molar-refractivity contribution in [3.8, 4) is 16.3 Å². The number of thioether (sulfide) groups is 1. The molecule has 2 aromatic heterocycles. The van der Waals surface area contributed by atoms with Gasteiger partial charge in [0.1, 0.15) is 10.8 Å². The zero-order valence-electron chi connectivity index (χ0n) is 17.9. The molecule has 1 atom stereocenters. The molecule has 4 aromatic rings. The van der Waals surface area contributed by atoms with Crippen LogP contribution in [0.5, 0.6) is 5.75 Å². The van der Waals surface area contributed by atoms with Crippen LogP contribution in [0.4, 0.5) is 0 Å². The summed E-state index contributed by atoms with van der Waals surface area (Å²) in [6, 6.07) is 15.8. The van der Waals surface area contributed by atoms with Gasteiger partial charge in [-0.2, -0.15) is 0 Å². The maximum Gasteiger partial charge on any atom is 0.192 e. The molecule has 0 spiro atoms. The fourth-order valence-electron chi connectivity index (χ4n) is 3.22. The summed E-state index contributed by atoms with van der Waals surface area (Å²) in [5.74, 6) is 2.25. The van der Waals surface area contributed by atoms with Crippen LogP contribution in [0.15, 0.2) is 71.7 Å². The lowest BCUT2D eigenvalue weighted by atomic mass is 10.2. The van der Waals surface area contributed by atoms with Crippen molar-refractivity contribution in [1.29, 1.82) is 0 Å². The summed E-state index contributed by atoms with van der Waals surface area (Å²) in [6.45, 7) is 8.43. The molecule has 0 aliphatic heterocycles. The molecule has 0 bridgehead atoms. The second-order valence-electron chi connectivity index (χ2n) is 7.21. The van der Waals surface area contributed by atoms with Crippen molar-refractivity contribution in [3.05, 3.63) is 88.7 Å². The van der Waals surface area contributed by atoms with Gasteiger partial charge in [0.15, 0.2) is 17.1 Å². The summed E-state index contributed by atoms with van der Waals surface area (Å²) in [7, 11) is 0. The second kappa shape index (κ2) is 10.3. The van der Waals surface area contributed by atoms with Crippen molar-refractivity contribution in [2.24, 2.45) is 0 Å². The van der Waals surface area contributed by atoms with Crippen LogP contribution in [0.3, 0.4) is 0 Å². The molecule has 32 heavy (non-hydrogen) atoms. The number of hydrogen-bond donors (Lipinski definition) is 0. The SMILES string of the molecule is C=CCn1c(SCc2csc(-c3ccccc3)n2)nnc1C(C)Oc1ccc(Cl)cc1C. The lowest BCUT2D eigenvalue weighted by Gasteiger charge is -2.17. The van der Waals surface area contributed by atoms with E-state index in [4.69, 9.17) is 21.3 Å². The lowest BCUT2D eigenvalue weighted by Crippen LogP contribution is -2.12. The van der Waals surface area contributed by atoms with Crippen LogP contribution in [0.2, 0.25) is 5.02 Å². The zero-order valence-corrected chi connectivity index (χ0v) is 20.3. The topological polar surface area (TPSA) is 52.8 Å². The predicted molar refractivity (Wildman–Crippen MR) is 133 cm³/mol. The van der Waals surface area contributed by atoms with Gasteiger partial charge in [-0.3, -0.25) is 4.57 Å². The van der Waals surface area contributed by atoms with E-state index in [9.17, 15) is 0 Å². The number of rotatable bonds is 9. The van der Waals surface area contributed by atoms with E-state index in [-0.39, 0.29) is 6.10 Å². The highest BCUT2D eigenvalue weighted by Gasteiger charge is 2.20. The third-order valence-corrected chi connectivity index (χ3v) is 6.96. The monoisotopic (exact) mass is 482 g/mol.